The Morgan fingerprint density at radius 2 is 1.24 bits per heavy atom. The Labute approximate surface area is 268 Å². The summed E-state index contributed by atoms with van der Waals surface area (Å²) in [6.45, 7) is 2.15. The first-order chi connectivity index (χ1) is 22.7. The van der Waals surface area contributed by atoms with Crippen molar-refractivity contribution in [1.82, 2.24) is 19.9 Å². The molecule has 1 saturated heterocycles. The lowest BCUT2D eigenvalue weighted by Crippen LogP contribution is -2.08. The quantitative estimate of drug-likeness (QED) is 0.143. The van der Waals surface area contributed by atoms with Crippen molar-refractivity contribution < 1.29 is 0 Å². The summed E-state index contributed by atoms with van der Waals surface area (Å²) < 4.78 is 0. The highest BCUT2D eigenvalue weighted by Crippen LogP contribution is 2.47. The van der Waals surface area contributed by atoms with Crippen LogP contribution in [-0.4, -0.2) is 32.9 Å². The fourth-order valence-electron chi connectivity index (χ4n) is 6.83. The fraction of sp³-hybridized carbons (Fsp3) is 0.0714. The van der Waals surface area contributed by atoms with Crippen LogP contribution in [0.2, 0.25) is 0 Å². The molecule has 5 aromatic carbocycles. The van der Waals surface area contributed by atoms with E-state index in [-0.39, 0.29) is 5.54 Å². The van der Waals surface area contributed by atoms with E-state index in [2.05, 4.69) is 132 Å². The number of pyridine rings is 1. The summed E-state index contributed by atoms with van der Waals surface area (Å²) in [6, 6.07) is 49.1. The highest BCUT2D eigenvalue weighted by Gasteiger charge is 2.53. The summed E-state index contributed by atoms with van der Waals surface area (Å²) in [5.74, 6) is 0.693. The molecule has 2 atom stereocenters. The molecule has 46 heavy (non-hydrogen) atoms. The van der Waals surface area contributed by atoms with Crippen molar-refractivity contribution in [2.45, 2.75) is 5.54 Å². The van der Waals surface area contributed by atoms with Crippen LogP contribution in [0.1, 0.15) is 5.56 Å². The van der Waals surface area contributed by atoms with Gasteiger partial charge < -0.3 is 0 Å². The van der Waals surface area contributed by atoms with Crippen molar-refractivity contribution >= 4 is 10.9 Å². The Balaban J connectivity index is 1.21. The molecule has 0 N–H and O–H groups in total. The Hall–Kier alpha value is -5.71. The molecular formula is C42H30N4. The molecule has 218 valence electrons. The second-order valence-electron chi connectivity index (χ2n) is 12.2. The van der Waals surface area contributed by atoms with Crippen LogP contribution in [0.3, 0.4) is 0 Å². The number of hydrogen-bond donors (Lipinski definition) is 0. The topological polar surface area (TPSA) is 41.7 Å². The Bertz CT molecular complexity index is 2240. The lowest BCUT2D eigenvalue weighted by molar-refractivity contribution is 0.540. The summed E-state index contributed by atoms with van der Waals surface area (Å²) in [5.41, 5.74) is 11.8. The van der Waals surface area contributed by atoms with Crippen molar-refractivity contribution in [3.05, 3.63) is 163 Å². The first kappa shape index (κ1) is 26.7. The maximum absolute atomic E-state index is 5.28. The average Bonchev–Trinajstić information content (AvgIpc) is 3.70. The molecule has 2 aliphatic heterocycles. The molecule has 2 unspecified atom stereocenters. The largest absolute Gasteiger partial charge is 0.283 e. The first-order valence-electron chi connectivity index (χ1n) is 15.8. The predicted molar refractivity (Wildman–Crippen MR) is 187 cm³/mol. The summed E-state index contributed by atoms with van der Waals surface area (Å²) in [6.07, 6.45) is 6.47. The molecule has 0 saturated carbocycles. The van der Waals surface area contributed by atoms with E-state index in [4.69, 9.17) is 15.0 Å². The van der Waals surface area contributed by atoms with Gasteiger partial charge in [-0.2, -0.15) is 0 Å². The van der Waals surface area contributed by atoms with Gasteiger partial charge >= 0.3 is 0 Å². The molecule has 4 heteroatoms. The van der Waals surface area contributed by atoms with Crippen molar-refractivity contribution in [3.8, 4) is 56.2 Å². The van der Waals surface area contributed by atoms with Crippen LogP contribution in [0.5, 0.6) is 0 Å². The van der Waals surface area contributed by atoms with Crippen molar-refractivity contribution in [1.29, 1.82) is 0 Å². The molecular weight excluding hydrogens is 560 g/mol. The molecule has 1 fully saturated rings. The molecule has 9 rings (SSSR count). The van der Waals surface area contributed by atoms with Crippen molar-refractivity contribution in [2.75, 3.05) is 13.1 Å². The summed E-state index contributed by atoms with van der Waals surface area (Å²) in [5, 5.41) is 1.03. The monoisotopic (exact) mass is 590 g/mol. The molecule has 0 bridgehead atoms. The van der Waals surface area contributed by atoms with E-state index in [9.17, 15) is 0 Å². The van der Waals surface area contributed by atoms with Crippen LogP contribution in [0.15, 0.2) is 158 Å². The third kappa shape index (κ3) is 4.63. The van der Waals surface area contributed by atoms with E-state index < -0.39 is 0 Å². The van der Waals surface area contributed by atoms with Crippen LogP contribution in [-0.2, 0) is 5.54 Å². The molecule has 0 aliphatic carbocycles. The lowest BCUT2D eigenvalue weighted by atomic mass is 9.94. The van der Waals surface area contributed by atoms with Crippen molar-refractivity contribution in [3.63, 3.8) is 0 Å². The van der Waals surface area contributed by atoms with Crippen LogP contribution >= 0.6 is 0 Å². The van der Waals surface area contributed by atoms with E-state index >= 15 is 0 Å². The van der Waals surface area contributed by atoms with Gasteiger partial charge in [-0.05, 0) is 70.3 Å². The van der Waals surface area contributed by atoms with Gasteiger partial charge in [-0.15, -0.1) is 0 Å². The maximum atomic E-state index is 5.28. The van der Waals surface area contributed by atoms with E-state index in [1.165, 1.54) is 11.1 Å². The smallest absolute Gasteiger partial charge is 0.160 e. The highest BCUT2D eigenvalue weighted by atomic mass is 15.4. The van der Waals surface area contributed by atoms with Crippen LogP contribution in [0, 0.1) is 0 Å². The van der Waals surface area contributed by atoms with Gasteiger partial charge in [-0.3, -0.25) is 9.88 Å². The van der Waals surface area contributed by atoms with Crippen molar-refractivity contribution in [2.24, 2.45) is 0 Å². The first-order valence-corrected chi connectivity index (χ1v) is 15.8. The minimum absolute atomic E-state index is 0.104. The molecule has 0 spiro atoms. The Kier molecular flexibility index (Phi) is 6.22. The number of hydrogen-bond acceptors (Lipinski definition) is 4. The minimum Gasteiger partial charge on any atom is -0.283 e. The van der Waals surface area contributed by atoms with Gasteiger partial charge in [0.05, 0.1) is 22.4 Å². The van der Waals surface area contributed by atoms with E-state index in [1.54, 1.807) is 0 Å². The van der Waals surface area contributed by atoms with Gasteiger partial charge in [0.2, 0.25) is 0 Å². The Morgan fingerprint density at radius 1 is 0.543 bits per heavy atom. The van der Waals surface area contributed by atoms with Crippen LogP contribution in [0.4, 0.5) is 0 Å². The van der Waals surface area contributed by atoms with Gasteiger partial charge in [-0.1, -0.05) is 109 Å². The summed E-state index contributed by atoms with van der Waals surface area (Å²) in [7, 11) is 0. The fourth-order valence-corrected chi connectivity index (χ4v) is 6.83. The number of fused-ring (bicyclic) bond motifs is 2. The minimum atomic E-state index is 0.104. The summed E-state index contributed by atoms with van der Waals surface area (Å²) in [4.78, 5) is 17.6. The molecule has 4 nitrogen and oxygen atoms in total. The second kappa shape index (κ2) is 10.7. The molecule has 7 aromatic rings. The zero-order valence-electron chi connectivity index (χ0n) is 25.2. The highest BCUT2D eigenvalue weighted by molar-refractivity contribution is 5.96. The third-order valence-electron chi connectivity index (χ3n) is 9.33. The molecule has 0 amide bonds. The Morgan fingerprint density at radius 3 is 1.96 bits per heavy atom. The number of rotatable bonds is 6. The molecule has 2 aromatic heterocycles. The van der Waals surface area contributed by atoms with Crippen LogP contribution in [0.25, 0.3) is 67.1 Å². The number of benzene rings is 5. The molecule has 4 heterocycles. The van der Waals surface area contributed by atoms with Gasteiger partial charge in [0.15, 0.2) is 5.82 Å². The zero-order chi connectivity index (χ0) is 30.5. The predicted octanol–water partition coefficient (Wildman–Crippen LogP) is 9.44. The average molecular weight is 591 g/mol. The number of aromatic nitrogens is 3. The van der Waals surface area contributed by atoms with Gasteiger partial charge in [0.1, 0.15) is 0 Å². The zero-order valence-corrected chi connectivity index (χ0v) is 25.2. The third-order valence-corrected chi connectivity index (χ3v) is 9.33. The van der Waals surface area contributed by atoms with E-state index in [0.717, 1.165) is 68.8 Å². The van der Waals surface area contributed by atoms with Gasteiger partial charge in [0, 0.05) is 41.4 Å². The summed E-state index contributed by atoms with van der Waals surface area (Å²) >= 11 is 0. The van der Waals surface area contributed by atoms with Gasteiger partial charge in [0.25, 0.3) is 0 Å². The second-order valence-corrected chi connectivity index (χ2v) is 12.2. The van der Waals surface area contributed by atoms with Crippen LogP contribution < -0.4 is 0 Å². The standard InChI is InChI=1S/C42H30N4/c1-3-10-29(11-4-1)32-17-20-39-37(27-32)40(31-12-5-2-6-13-31)45-41(44-39)35-25-33(24-34(26-35)38-14-7-8-22-43-38)30-15-18-36(19-16-30)42-21-9-23-46(42)28-42/h1-22,24-27H,23,28H2. The maximum Gasteiger partial charge on any atom is 0.160 e. The number of nitrogens with zero attached hydrogens (tertiary/aromatic N) is 4. The lowest BCUT2D eigenvalue weighted by Gasteiger charge is -2.14. The SMILES string of the molecule is C1=CC2(c3ccc(-c4cc(-c5ccccn5)cc(-c5nc(-c6ccccc6)c6cc(-c7ccccc7)ccc6n5)c4)cc3)CN2C1. The normalized spacial score (nSPS) is 18.0. The molecule has 0 radical (unpaired) electrons. The van der Waals surface area contributed by atoms with E-state index in [1.807, 2.05) is 30.5 Å². The molecule has 2 aliphatic rings. The van der Waals surface area contributed by atoms with Gasteiger partial charge in [-0.25, -0.2) is 9.97 Å². The van der Waals surface area contributed by atoms with E-state index in [0.29, 0.717) is 5.82 Å².